The van der Waals surface area contributed by atoms with Crippen LogP contribution in [0.15, 0.2) is 29.0 Å². The maximum absolute atomic E-state index is 12.4. The zero-order valence-corrected chi connectivity index (χ0v) is 15.1. The molecule has 0 aromatic carbocycles. The molecule has 142 valence electrons. The van der Waals surface area contributed by atoms with E-state index in [0.717, 1.165) is 4.90 Å². The molecule has 4 amide bonds. The van der Waals surface area contributed by atoms with Gasteiger partial charge in [0.15, 0.2) is 0 Å². The fourth-order valence-corrected chi connectivity index (χ4v) is 2.70. The SMILES string of the molecule is CCCN1C(=O)NC(CC(=O)N(C)Cc2nc(-c3cccnc3)no2)C1=O. The van der Waals surface area contributed by atoms with Crippen LogP contribution in [-0.4, -0.2) is 62.4 Å². The predicted molar refractivity (Wildman–Crippen MR) is 92.9 cm³/mol. The van der Waals surface area contributed by atoms with Crippen molar-refractivity contribution in [2.24, 2.45) is 0 Å². The number of nitrogens with one attached hydrogen (secondary N) is 1. The molecule has 1 saturated heterocycles. The van der Waals surface area contributed by atoms with Gasteiger partial charge in [-0.15, -0.1) is 0 Å². The van der Waals surface area contributed by atoms with Crippen LogP contribution in [0.2, 0.25) is 0 Å². The molecular formula is C17H20N6O4. The van der Waals surface area contributed by atoms with Gasteiger partial charge in [-0.2, -0.15) is 4.98 Å². The number of amides is 4. The molecule has 0 spiro atoms. The molecule has 2 aromatic rings. The van der Waals surface area contributed by atoms with E-state index in [1.165, 1.54) is 4.90 Å². The van der Waals surface area contributed by atoms with E-state index in [-0.39, 0.29) is 30.7 Å². The van der Waals surface area contributed by atoms with Crippen molar-refractivity contribution in [2.75, 3.05) is 13.6 Å². The summed E-state index contributed by atoms with van der Waals surface area (Å²) in [6.45, 7) is 2.31. The van der Waals surface area contributed by atoms with E-state index in [1.54, 1.807) is 31.6 Å². The molecule has 27 heavy (non-hydrogen) atoms. The summed E-state index contributed by atoms with van der Waals surface area (Å²) < 4.78 is 5.17. The van der Waals surface area contributed by atoms with Crippen molar-refractivity contribution >= 4 is 17.8 Å². The molecule has 1 unspecified atom stereocenters. The first-order valence-corrected chi connectivity index (χ1v) is 8.58. The Labute approximate surface area is 155 Å². The molecule has 1 aliphatic heterocycles. The van der Waals surface area contributed by atoms with E-state index in [1.807, 2.05) is 6.92 Å². The van der Waals surface area contributed by atoms with Gasteiger partial charge in [-0.3, -0.25) is 19.5 Å². The molecule has 10 nitrogen and oxygen atoms in total. The second-order valence-corrected chi connectivity index (χ2v) is 6.20. The average Bonchev–Trinajstić information content (AvgIpc) is 3.23. The van der Waals surface area contributed by atoms with Crippen LogP contribution in [-0.2, 0) is 16.1 Å². The molecule has 1 atom stereocenters. The molecule has 10 heteroatoms. The molecule has 1 N–H and O–H groups in total. The largest absolute Gasteiger partial charge is 0.337 e. The molecule has 2 aromatic heterocycles. The second-order valence-electron chi connectivity index (χ2n) is 6.20. The van der Waals surface area contributed by atoms with Crippen molar-refractivity contribution in [1.82, 2.24) is 30.2 Å². The summed E-state index contributed by atoms with van der Waals surface area (Å²) in [6, 6.07) is 2.26. The van der Waals surface area contributed by atoms with Crippen molar-refractivity contribution in [3.8, 4) is 11.4 Å². The monoisotopic (exact) mass is 372 g/mol. The fourth-order valence-electron chi connectivity index (χ4n) is 2.70. The highest BCUT2D eigenvalue weighted by Gasteiger charge is 2.38. The summed E-state index contributed by atoms with van der Waals surface area (Å²) in [4.78, 5) is 47.2. The van der Waals surface area contributed by atoms with Crippen LogP contribution < -0.4 is 5.32 Å². The number of imide groups is 1. The van der Waals surface area contributed by atoms with E-state index < -0.39 is 12.1 Å². The number of rotatable bonds is 7. The molecule has 0 saturated carbocycles. The standard InChI is InChI=1S/C17H20N6O4/c1-3-7-23-16(25)12(19-17(23)26)8-14(24)22(2)10-13-20-15(21-27-13)11-5-4-6-18-9-11/h4-6,9,12H,3,7-8,10H2,1-2H3,(H,19,26). The lowest BCUT2D eigenvalue weighted by atomic mass is 10.2. The third-order valence-electron chi connectivity index (χ3n) is 4.12. The Bertz CT molecular complexity index is 837. The van der Waals surface area contributed by atoms with Crippen LogP contribution in [0.5, 0.6) is 0 Å². The van der Waals surface area contributed by atoms with Gasteiger partial charge in [0.1, 0.15) is 6.04 Å². The Hall–Kier alpha value is -3.30. The minimum Gasteiger partial charge on any atom is -0.337 e. The van der Waals surface area contributed by atoms with Crippen LogP contribution >= 0.6 is 0 Å². The van der Waals surface area contributed by atoms with Crippen molar-refractivity contribution < 1.29 is 18.9 Å². The van der Waals surface area contributed by atoms with Gasteiger partial charge in [-0.05, 0) is 18.6 Å². The quantitative estimate of drug-likeness (QED) is 0.714. The number of carbonyl (C=O) groups excluding carboxylic acids is 3. The Morgan fingerprint density at radius 1 is 1.41 bits per heavy atom. The Morgan fingerprint density at radius 2 is 2.22 bits per heavy atom. The van der Waals surface area contributed by atoms with Crippen LogP contribution in [0, 0.1) is 0 Å². The van der Waals surface area contributed by atoms with E-state index in [0.29, 0.717) is 24.4 Å². The van der Waals surface area contributed by atoms with Crippen molar-refractivity contribution in [3.05, 3.63) is 30.4 Å². The van der Waals surface area contributed by atoms with E-state index >= 15 is 0 Å². The maximum atomic E-state index is 12.4. The number of nitrogens with zero attached hydrogens (tertiary/aromatic N) is 5. The number of hydrogen-bond donors (Lipinski definition) is 1. The minimum atomic E-state index is -0.840. The summed E-state index contributed by atoms with van der Waals surface area (Å²) in [5.74, 6) is -0.0418. The van der Waals surface area contributed by atoms with Crippen LogP contribution in [0.1, 0.15) is 25.7 Å². The Balaban J connectivity index is 1.58. The normalized spacial score (nSPS) is 16.5. The van der Waals surface area contributed by atoms with Gasteiger partial charge in [0.05, 0.1) is 13.0 Å². The average molecular weight is 372 g/mol. The first-order valence-electron chi connectivity index (χ1n) is 8.58. The predicted octanol–water partition coefficient (Wildman–Crippen LogP) is 0.810. The Morgan fingerprint density at radius 3 is 2.93 bits per heavy atom. The van der Waals surface area contributed by atoms with Gasteiger partial charge >= 0.3 is 6.03 Å². The highest BCUT2D eigenvalue weighted by Crippen LogP contribution is 2.15. The van der Waals surface area contributed by atoms with Gasteiger partial charge in [0.25, 0.3) is 5.91 Å². The highest BCUT2D eigenvalue weighted by molar-refractivity contribution is 6.05. The zero-order valence-electron chi connectivity index (χ0n) is 15.1. The number of aromatic nitrogens is 3. The first-order chi connectivity index (χ1) is 13.0. The third-order valence-corrected chi connectivity index (χ3v) is 4.12. The number of pyridine rings is 1. The summed E-state index contributed by atoms with van der Waals surface area (Å²) >= 11 is 0. The van der Waals surface area contributed by atoms with Crippen molar-refractivity contribution in [3.63, 3.8) is 0 Å². The minimum absolute atomic E-state index is 0.0969. The molecule has 3 heterocycles. The topological polar surface area (TPSA) is 122 Å². The van der Waals surface area contributed by atoms with Crippen molar-refractivity contribution in [1.29, 1.82) is 0 Å². The lowest BCUT2D eigenvalue weighted by molar-refractivity contribution is -0.135. The highest BCUT2D eigenvalue weighted by atomic mass is 16.5. The summed E-state index contributed by atoms with van der Waals surface area (Å²) in [5, 5.41) is 6.42. The fraction of sp³-hybridized carbons (Fsp3) is 0.412. The lowest BCUT2D eigenvalue weighted by Gasteiger charge is -2.16. The number of carbonyl (C=O) groups is 3. The molecule has 1 fully saturated rings. The Kier molecular flexibility index (Phi) is 5.43. The zero-order chi connectivity index (χ0) is 19.4. The van der Waals surface area contributed by atoms with Gasteiger partial charge in [-0.25, -0.2) is 4.79 Å². The summed E-state index contributed by atoms with van der Waals surface area (Å²) in [6.07, 6.45) is 3.79. The molecule has 1 aliphatic rings. The maximum Gasteiger partial charge on any atom is 0.324 e. The molecule has 0 bridgehead atoms. The molecular weight excluding hydrogens is 352 g/mol. The number of hydrogen-bond acceptors (Lipinski definition) is 7. The lowest BCUT2D eigenvalue weighted by Crippen LogP contribution is -2.37. The van der Waals surface area contributed by atoms with E-state index in [2.05, 4.69) is 20.4 Å². The van der Waals surface area contributed by atoms with Crippen LogP contribution in [0.4, 0.5) is 4.79 Å². The van der Waals surface area contributed by atoms with Crippen LogP contribution in [0.25, 0.3) is 11.4 Å². The molecule has 0 radical (unpaired) electrons. The van der Waals surface area contributed by atoms with E-state index in [9.17, 15) is 14.4 Å². The summed E-state index contributed by atoms with van der Waals surface area (Å²) in [5.41, 5.74) is 0.705. The third kappa shape index (κ3) is 4.10. The van der Waals surface area contributed by atoms with Crippen molar-refractivity contribution in [2.45, 2.75) is 32.4 Å². The smallest absolute Gasteiger partial charge is 0.324 e. The number of urea groups is 1. The molecule has 3 rings (SSSR count). The van der Waals surface area contributed by atoms with Gasteiger partial charge < -0.3 is 14.7 Å². The van der Waals surface area contributed by atoms with Gasteiger partial charge in [0, 0.05) is 31.5 Å². The van der Waals surface area contributed by atoms with Gasteiger partial charge in [0.2, 0.25) is 17.6 Å². The molecule has 0 aliphatic carbocycles. The summed E-state index contributed by atoms with van der Waals surface area (Å²) in [7, 11) is 1.57. The van der Waals surface area contributed by atoms with Gasteiger partial charge in [-0.1, -0.05) is 12.1 Å². The van der Waals surface area contributed by atoms with Crippen LogP contribution in [0.3, 0.4) is 0 Å². The first kappa shape index (κ1) is 18.5. The van der Waals surface area contributed by atoms with E-state index in [4.69, 9.17) is 4.52 Å². The second kappa shape index (κ2) is 7.94.